The van der Waals surface area contributed by atoms with E-state index in [1.54, 1.807) is 0 Å². The van der Waals surface area contributed by atoms with Crippen LogP contribution in [0.1, 0.15) is 52.9 Å². The molecule has 0 spiro atoms. The molecule has 0 aliphatic heterocycles. The van der Waals surface area contributed by atoms with Crippen LogP contribution in [0.3, 0.4) is 0 Å². The lowest BCUT2D eigenvalue weighted by atomic mass is 9.63. The highest BCUT2D eigenvalue weighted by Gasteiger charge is 2.45. The highest BCUT2D eigenvalue weighted by atomic mass is 16.4. The fourth-order valence-corrected chi connectivity index (χ4v) is 2.84. The number of carbonyl (C=O) groups is 1. The van der Waals surface area contributed by atoms with Gasteiger partial charge in [-0.1, -0.05) is 40.0 Å². The second kappa shape index (κ2) is 4.33. The fourth-order valence-electron chi connectivity index (χ4n) is 2.84. The van der Waals surface area contributed by atoms with Crippen molar-refractivity contribution in [3.05, 3.63) is 0 Å². The largest absolute Gasteiger partial charge is 0.481 e. The molecule has 1 aliphatic carbocycles. The molecule has 14 heavy (non-hydrogen) atoms. The lowest BCUT2D eigenvalue weighted by molar-refractivity contribution is -0.156. The van der Waals surface area contributed by atoms with E-state index in [-0.39, 0.29) is 0 Å². The van der Waals surface area contributed by atoms with Gasteiger partial charge in [0.1, 0.15) is 0 Å². The zero-order chi connectivity index (χ0) is 10.8. The lowest BCUT2D eigenvalue weighted by Gasteiger charge is -2.40. The Hall–Kier alpha value is -0.530. The molecule has 82 valence electrons. The van der Waals surface area contributed by atoms with Crippen molar-refractivity contribution >= 4 is 5.97 Å². The van der Waals surface area contributed by atoms with E-state index in [4.69, 9.17) is 0 Å². The summed E-state index contributed by atoms with van der Waals surface area (Å²) in [6.45, 7) is 6.36. The summed E-state index contributed by atoms with van der Waals surface area (Å²) in [4.78, 5) is 11.4. The van der Waals surface area contributed by atoms with E-state index in [1.165, 1.54) is 6.42 Å². The van der Waals surface area contributed by atoms with Crippen molar-refractivity contribution in [3.8, 4) is 0 Å². The highest BCUT2D eigenvalue weighted by Crippen LogP contribution is 2.46. The Morgan fingerprint density at radius 1 is 1.64 bits per heavy atom. The predicted molar refractivity (Wildman–Crippen MR) is 57.2 cm³/mol. The molecule has 3 unspecified atom stereocenters. The first-order chi connectivity index (χ1) is 6.53. The molecule has 0 aromatic rings. The Labute approximate surface area is 86.7 Å². The molecule has 3 atom stereocenters. The number of carboxylic acids is 1. The third-order valence-corrected chi connectivity index (χ3v) is 4.01. The number of aliphatic carboxylic acids is 1. The zero-order valence-corrected chi connectivity index (χ0v) is 9.55. The van der Waals surface area contributed by atoms with Crippen LogP contribution >= 0.6 is 0 Å². The summed E-state index contributed by atoms with van der Waals surface area (Å²) in [6.07, 6.45) is 5.00. The highest BCUT2D eigenvalue weighted by molar-refractivity contribution is 5.75. The molecule has 1 aliphatic rings. The molecular formula is C12H22O2. The summed E-state index contributed by atoms with van der Waals surface area (Å²) in [7, 11) is 0. The molecule has 0 bridgehead atoms. The minimum absolute atomic E-state index is 0.308. The van der Waals surface area contributed by atoms with Gasteiger partial charge in [0.05, 0.1) is 5.41 Å². The van der Waals surface area contributed by atoms with Gasteiger partial charge in [-0.15, -0.1) is 0 Å². The molecule has 0 aromatic heterocycles. The van der Waals surface area contributed by atoms with Crippen molar-refractivity contribution in [3.63, 3.8) is 0 Å². The van der Waals surface area contributed by atoms with Crippen molar-refractivity contribution < 1.29 is 9.90 Å². The average molecular weight is 198 g/mol. The van der Waals surface area contributed by atoms with E-state index >= 15 is 0 Å². The average Bonchev–Trinajstić information content (AvgIpc) is 2.16. The van der Waals surface area contributed by atoms with Crippen LogP contribution in [0.15, 0.2) is 0 Å². The molecule has 1 saturated carbocycles. The minimum Gasteiger partial charge on any atom is -0.481 e. The molecule has 2 nitrogen and oxygen atoms in total. The first-order valence-corrected chi connectivity index (χ1v) is 5.76. The summed E-state index contributed by atoms with van der Waals surface area (Å²) in [6, 6.07) is 0. The molecule has 0 aromatic carbocycles. The second-order valence-electron chi connectivity index (χ2n) is 4.97. The Bertz CT molecular complexity index is 212. The Balaban J connectivity index is 2.85. The Kier molecular flexibility index (Phi) is 3.57. The number of hydrogen-bond acceptors (Lipinski definition) is 1. The van der Waals surface area contributed by atoms with Crippen molar-refractivity contribution in [2.75, 3.05) is 0 Å². The summed E-state index contributed by atoms with van der Waals surface area (Å²) in [5.41, 5.74) is -0.424. The number of carboxylic acid groups (broad SMARTS) is 1. The van der Waals surface area contributed by atoms with E-state index < -0.39 is 11.4 Å². The standard InChI is InChI=1S/C12H22O2/c1-4-10(3)12(11(13)14)7-5-6-9(2)8-12/h9-10H,4-8H2,1-3H3,(H,13,14). The molecule has 1 rings (SSSR count). The van der Waals surface area contributed by atoms with E-state index in [9.17, 15) is 9.90 Å². The summed E-state index contributed by atoms with van der Waals surface area (Å²) in [5, 5.41) is 9.41. The normalized spacial score (nSPS) is 35.2. The van der Waals surface area contributed by atoms with Gasteiger partial charge in [-0.3, -0.25) is 4.79 Å². The smallest absolute Gasteiger partial charge is 0.309 e. The minimum atomic E-state index is -0.571. The maximum atomic E-state index is 11.4. The molecule has 0 radical (unpaired) electrons. The predicted octanol–water partition coefficient (Wildman–Crippen LogP) is 3.31. The van der Waals surface area contributed by atoms with E-state index in [0.717, 1.165) is 25.7 Å². The van der Waals surface area contributed by atoms with Crippen LogP contribution in [0.5, 0.6) is 0 Å². The van der Waals surface area contributed by atoms with E-state index in [2.05, 4.69) is 20.8 Å². The third kappa shape index (κ3) is 1.94. The lowest BCUT2D eigenvalue weighted by Crippen LogP contribution is -2.41. The van der Waals surface area contributed by atoms with Gasteiger partial charge in [0, 0.05) is 0 Å². The van der Waals surface area contributed by atoms with E-state index in [0.29, 0.717) is 11.8 Å². The first-order valence-electron chi connectivity index (χ1n) is 5.76. The monoisotopic (exact) mass is 198 g/mol. The quantitative estimate of drug-likeness (QED) is 0.755. The third-order valence-electron chi connectivity index (χ3n) is 4.01. The summed E-state index contributed by atoms with van der Waals surface area (Å²) >= 11 is 0. The molecule has 1 N–H and O–H groups in total. The molecule has 0 heterocycles. The van der Waals surface area contributed by atoms with Crippen LogP contribution in [0.4, 0.5) is 0 Å². The molecule has 0 saturated heterocycles. The summed E-state index contributed by atoms with van der Waals surface area (Å²) < 4.78 is 0. The van der Waals surface area contributed by atoms with Crippen LogP contribution in [-0.4, -0.2) is 11.1 Å². The Morgan fingerprint density at radius 3 is 2.71 bits per heavy atom. The van der Waals surface area contributed by atoms with Gasteiger partial charge in [0.15, 0.2) is 0 Å². The maximum absolute atomic E-state index is 11.4. The van der Waals surface area contributed by atoms with Gasteiger partial charge in [-0.25, -0.2) is 0 Å². The van der Waals surface area contributed by atoms with Crippen LogP contribution < -0.4 is 0 Å². The molecule has 0 amide bonds. The van der Waals surface area contributed by atoms with Crippen LogP contribution in [-0.2, 0) is 4.79 Å². The van der Waals surface area contributed by atoms with Gasteiger partial charge in [-0.05, 0) is 24.7 Å². The zero-order valence-electron chi connectivity index (χ0n) is 9.55. The van der Waals surface area contributed by atoms with Crippen LogP contribution in [0.25, 0.3) is 0 Å². The Morgan fingerprint density at radius 2 is 2.29 bits per heavy atom. The van der Waals surface area contributed by atoms with Gasteiger partial charge < -0.3 is 5.11 Å². The van der Waals surface area contributed by atoms with Crippen molar-refractivity contribution in [2.24, 2.45) is 17.3 Å². The van der Waals surface area contributed by atoms with Gasteiger partial charge in [0.25, 0.3) is 0 Å². The SMILES string of the molecule is CCC(C)C1(C(=O)O)CCCC(C)C1. The number of hydrogen-bond donors (Lipinski definition) is 1. The van der Waals surface area contributed by atoms with E-state index in [1.807, 2.05) is 0 Å². The molecule has 1 fully saturated rings. The summed E-state index contributed by atoms with van der Waals surface area (Å²) in [5.74, 6) is 0.315. The van der Waals surface area contributed by atoms with Crippen molar-refractivity contribution in [1.29, 1.82) is 0 Å². The van der Waals surface area contributed by atoms with Gasteiger partial charge >= 0.3 is 5.97 Å². The van der Waals surface area contributed by atoms with Crippen LogP contribution in [0, 0.1) is 17.3 Å². The van der Waals surface area contributed by atoms with Gasteiger partial charge in [-0.2, -0.15) is 0 Å². The maximum Gasteiger partial charge on any atom is 0.309 e. The first kappa shape index (κ1) is 11.5. The number of rotatable bonds is 3. The van der Waals surface area contributed by atoms with Crippen molar-refractivity contribution in [1.82, 2.24) is 0 Å². The van der Waals surface area contributed by atoms with Crippen LogP contribution in [0.2, 0.25) is 0 Å². The topological polar surface area (TPSA) is 37.3 Å². The van der Waals surface area contributed by atoms with Crippen molar-refractivity contribution in [2.45, 2.75) is 52.9 Å². The molecular weight excluding hydrogens is 176 g/mol. The van der Waals surface area contributed by atoms with Gasteiger partial charge in [0.2, 0.25) is 0 Å². The molecule has 2 heteroatoms. The second-order valence-corrected chi connectivity index (χ2v) is 4.97. The fraction of sp³-hybridized carbons (Fsp3) is 0.917.